The normalized spacial score (nSPS) is 12.8. The van der Waals surface area contributed by atoms with E-state index in [1.807, 2.05) is 43.3 Å². The molecule has 0 aliphatic rings. The second kappa shape index (κ2) is 10.1. The van der Waals surface area contributed by atoms with Crippen LogP contribution in [0.5, 0.6) is 0 Å². The molecule has 0 aliphatic carbocycles. The van der Waals surface area contributed by atoms with Gasteiger partial charge in [0.2, 0.25) is 0 Å². The molecule has 0 bridgehead atoms. The first-order chi connectivity index (χ1) is 17.4. The topological polar surface area (TPSA) is 42.3 Å². The van der Waals surface area contributed by atoms with Crippen molar-refractivity contribution in [3.63, 3.8) is 0 Å². The lowest BCUT2D eigenvalue weighted by Gasteiger charge is -2.30. The zero-order valence-electron chi connectivity index (χ0n) is 20.6. The van der Waals surface area contributed by atoms with E-state index in [2.05, 4.69) is 72.5 Å². The largest absolute Gasteiger partial charge is 0.288 e. The van der Waals surface area contributed by atoms with Crippen molar-refractivity contribution >= 4 is 20.9 Å². The van der Waals surface area contributed by atoms with E-state index in [-0.39, 0.29) is 6.04 Å². The molecule has 1 atom stereocenters. The maximum Gasteiger partial charge on any atom is 0.268 e. The van der Waals surface area contributed by atoms with Crippen molar-refractivity contribution in [1.29, 1.82) is 0 Å². The minimum Gasteiger partial charge on any atom is -0.288 e. The highest BCUT2D eigenvalue weighted by molar-refractivity contribution is 7.90. The first-order valence-corrected chi connectivity index (χ1v) is 13.6. The van der Waals surface area contributed by atoms with Gasteiger partial charge in [-0.05, 0) is 60.9 Å². The summed E-state index contributed by atoms with van der Waals surface area (Å²) >= 11 is 0. The second-order valence-electron chi connectivity index (χ2n) is 9.30. The number of rotatable bonds is 8. The van der Waals surface area contributed by atoms with Crippen molar-refractivity contribution in [2.75, 3.05) is 0 Å². The first kappa shape index (κ1) is 24.0. The van der Waals surface area contributed by atoms with E-state index in [1.54, 1.807) is 18.3 Å². The molecule has 1 aromatic heterocycles. The van der Waals surface area contributed by atoms with Crippen LogP contribution < -0.4 is 0 Å². The summed E-state index contributed by atoms with van der Waals surface area (Å²) in [6.07, 6.45) is 1.65. The van der Waals surface area contributed by atoms with E-state index < -0.39 is 10.0 Å². The Hall–Kier alpha value is -3.67. The lowest BCUT2D eigenvalue weighted by atomic mass is 10.0. The number of nitrogens with zero attached hydrogens (tertiary/aromatic N) is 2. The third kappa shape index (κ3) is 4.99. The number of hydrogen-bond acceptors (Lipinski definition) is 3. The molecule has 0 aliphatic heterocycles. The molecule has 0 radical (unpaired) electrons. The standard InChI is InChI=1S/C31H30N2O2S/c1-24-13-16-30(17-14-24)36(34,35)33-20-19-29-21-28(15-18-31(29)33)25(2)32(22-26-9-5-3-6-10-26)23-27-11-7-4-8-12-27/h3-21,25H,22-23H2,1-2H3/t25-/m0/s1. The molecule has 0 spiro atoms. The first-order valence-electron chi connectivity index (χ1n) is 12.2. The number of aryl methyl sites for hydroxylation is 1. The summed E-state index contributed by atoms with van der Waals surface area (Å²) < 4.78 is 28.0. The zero-order valence-corrected chi connectivity index (χ0v) is 21.4. The minimum atomic E-state index is -3.66. The predicted octanol–water partition coefficient (Wildman–Crippen LogP) is 6.95. The fourth-order valence-corrected chi connectivity index (χ4v) is 5.96. The van der Waals surface area contributed by atoms with Crippen LogP contribution in [-0.4, -0.2) is 17.3 Å². The summed E-state index contributed by atoms with van der Waals surface area (Å²) in [6.45, 7) is 5.80. The average molecular weight is 495 g/mol. The molecule has 0 saturated carbocycles. The summed E-state index contributed by atoms with van der Waals surface area (Å²) in [7, 11) is -3.66. The Balaban J connectivity index is 1.47. The molecule has 0 amide bonds. The van der Waals surface area contributed by atoms with E-state index in [9.17, 15) is 8.42 Å². The van der Waals surface area contributed by atoms with Crippen LogP contribution in [0.4, 0.5) is 0 Å². The summed E-state index contributed by atoms with van der Waals surface area (Å²) in [5.74, 6) is 0. The molecule has 5 aromatic rings. The van der Waals surface area contributed by atoms with Crippen LogP contribution in [0.25, 0.3) is 10.9 Å². The lowest BCUT2D eigenvalue weighted by molar-refractivity contribution is 0.192. The highest BCUT2D eigenvalue weighted by atomic mass is 32.2. The van der Waals surface area contributed by atoms with Crippen molar-refractivity contribution in [2.24, 2.45) is 0 Å². The van der Waals surface area contributed by atoms with Gasteiger partial charge in [-0.25, -0.2) is 12.4 Å². The van der Waals surface area contributed by atoms with Crippen LogP contribution in [0.1, 0.15) is 35.2 Å². The number of benzene rings is 4. The number of hydrogen-bond donors (Lipinski definition) is 0. The zero-order chi connectivity index (χ0) is 25.1. The Morgan fingerprint density at radius 2 is 1.33 bits per heavy atom. The van der Waals surface area contributed by atoms with Crippen molar-refractivity contribution in [3.8, 4) is 0 Å². The van der Waals surface area contributed by atoms with Gasteiger partial charge in [0, 0.05) is 30.7 Å². The molecule has 0 saturated heterocycles. The van der Waals surface area contributed by atoms with Crippen LogP contribution >= 0.6 is 0 Å². The van der Waals surface area contributed by atoms with Crippen LogP contribution in [0.3, 0.4) is 0 Å². The molecule has 36 heavy (non-hydrogen) atoms. The summed E-state index contributed by atoms with van der Waals surface area (Å²) in [4.78, 5) is 2.74. The van der Waals surface area contributed by atoms with Crippen molar-refractivity contribution < 1.29 is 8.42 Å². The van der Waals surface area contributed by atoms with Crippen molar-refractivity contribution in [1.82, 2.24) is 8.87 Å². The molecule has 5 rings (SSSR count). The Morgan fingerprint density at radius 1 is 0.750 bits per heavy atom. The quantitative estimate of drug-likeness (QED) is 0.234. The van der Waals surface area contributed by atoms with Gasteiger partial charge >= 0.3 is 0 Å². The monoisotopic (exact) mass is 494 g/mol. The molecular formula is C31H30N2O2S. The van der Waals surface area contributed by atoms with E-state index in [1.165, 1.54) is 15.1 Å². The highest BCUT2D eigenvalue weighted by Gasteiger charge is 2.21. The van der Waals surface area contributed by atoms with E-state index in [4.69, 9.17) is 0 Å². The smallest absolute Gasteiger partial charge is 0.268 e. The maximum absolute atomic E-state index is 13.3. The van der Waals surface area contributed by atoms with Gasteiger partial charge in [-0.3, -0.25) is 4.90 Å². The van der Waals surface area contributed by atoms with Crippen LogP contribution in [0.2, 0.25) is 0 Å². The average Bonchev–Trinajstić information content (AvgIpc) is 3.34. The van der Waals surface area contributed by atoms with E-state index >= 15 is 0 Å². The second-order valence-corrected chi connectivity index (χ2v) is 11.1. The van der Waals surface area contributed by atoms with Gasteiger partial charge in [-0.1, -0.05) is 84.4 Å². The Bertz CT molecular complexity index is 1520. The molecule has 4 nitrogen and oxygen atoms in total. The molecular weight excluding hydrogens is 464 g/mol. The van der Waals surface area contributed by atoms with Crippen LogP contribution in [-0.2, 0) is 23.1 Å². The van der Waals surface area contributed by atoms with Gasteiger partial charge < -0.3 is 0 Å². The predicted molar refractivity (Wildman–Crippen MR) is 146 cm³/mol. The van der Waals surface area contributed by atoms with Gasteiger partial charge in [0.15, 0.2) is 0 Å². The Kier molecular flexibility index (Phi) is 6.77. The Labute approximate surface area is 213 Å². The summed E-state index contributed by atoms with van der Waals surface area (Å²) in [5.41, 5.74) is 5.39. The highest BCUT2D eigenvalue weighted by Crippen LogP contribution is 2.29. The van der Waals surface area contributed by atoms with Gasteiger partial charge in [0.05, 0.1) is 10.4 Å². The van der Waals surface area contributed by atoms with Crippen LogP contribution in [0.15, 0.2) is 120 Å². The third-order valence-corrected chi connectivity index (χ3v) is 8.45. The lowest BCUT2D eigenvalue weighted by Crippen LogP contribution is -2.26. The van der Waals surface area contributed by atoms with Gasteiger partial charge in [-0.15, -0.1) is 0 Å². The molecule has 0 N–H and O–H groups in total. The van der Waals surface area contributed by atoms with Gasteiger partial charge in [-0.2, -0.15) is 0 Å². The molecule has 5 heteroatoms. The van der Waals surface area contributed by atoms with Crippen molar-refractivity contribution in [2.45, 2.75) is 37.9 Å². The van der Waals surface area contributed by atoms with Crippen molar-refractivity contribution in [3.05, 3.63) is 138 Å². The van der Waals surface area contributed by atoms with E-state index in [0.717, 1.165) is 29.6 Å². The number of fused-ring (bicyclic) bond motifs is 1. The fourth-order valence-electron chi connectivity index (χ4n) is 4.61. The summed E-state index contributed by atoms with van der Waals surface area (Å²) in [5, 5.41) is 0.911. The van der Waals surface area contributed by atoms with Crippen LogP contribution in [0, 0.1) is 6.92 Å². The SMILES string of the molecule is Cc1ccc(S(=O)(=O)n2ccc3cc([C@H](C)N(Cc4ccccc4)Cc4ccccc4)ccc32)cc1. The molecule has 0 unspecified atom stereocenters. The van der Waals surface area contributed by atoms with Gasteiger partial charge in [0.1, 0.15) is 0 Å². The fraction of sp³-hybridized carbons (Fsp3) is 0.161. The third-order valence-electron chi connectivity index (χ3n) is 6.74. The molecule has 182 valence electrons. The number of aromatic nitrogens is 1. The minimum absolute atomic E-state index is 0.131. The maximum atomic E-state index is 13.3. The van der Waals surface area contributed by atoms with E-state index in [0.29, 0.717) is 10.4 Å². The van der Waals surface area contributed by atoms with Gasteiger partial charge in [0.25, 0.3) is 10.0 Å². The Morgan fingerprint density at radius 3 is 1.92 bits per heavy atom. The molecule has 1 heterocycles. The summed E-state index contributed by atoms with van der Waals surface area (Å²) in [6, 6.07) is 36.1. The molecule has 0 fully saturated rings. The molecule has 4 aromatic carbocycles.